The molecule has 5 aromatic rings. The van der Waals surface area contributed by atoms with E-state index in [1.165, 1.54) is 30.5 Å². The number of rotatable bonds is 5. The third-order valence-electron chi connectivity index (χ3n) is 6.57. The minimum absolute atomic E-state index is 0.0362. The number of nitrogens with zero attached hydrogens (tertiary/aromatic N) is 4. The van der Waals surface area contributed by atoms with Gasteiger partial charge in [0.15, 0.2) is 5.65 Å². The van der Waals surface area contributed by atoms with Gasteiger partial charge in [-0.05, 0) is 37.6 Å². The molecule has 1 fully saturated rings. The second-order valence-electron chi connectivity index (χ2n) is 9.99. The van der Waals surface area contributed by atoms with Crippen molar-refractivity contribution in [3.05, 3.63) is 81.1 Å². The van der Waals surface area contributed by atoms with Crippen molar-refractivity contribution < 1.29 is 40.2 Å². The number of carbonyl (C=O) groups is 1. The zero-order chi connectivity index (χ0) is 33.4. The summed E-state index contributed by atoms with van der Waals surface area (Å²) < 4.78 is 81.0. The van der Waals surface area contributed by atoms with Gasteiger partial charge in [0.25, 0.3) is 16.0 Å². The summed E-state index contributed by atoms with van der Waals surface area (Å²) in [4.78, 5) is 19.7. The largest absolute Gasteiger partial charge is 0.487 e. The summed E-state index contributed by atoms with van der Waals surface area (Å²) in [7, 11) is -4.02. The second kappa shape index (κ2) is 13.1. The van der Waals surface area contributed by atoms with Crippen LogP contribution in [0.25, 0.3) is 28.6 Å². The van der Waals surface area contributed by atoms with Crippen molar-refractivity contribution in [2.75, 3.05) is 6.54 Å². The van der Waals surface area contributed by atoms with Crippen molar-refractivity contribution >= 4 is 56.5 Å². The summed E-state index contributed by atoms with van der Waals surface area (Å²) in [6.07, 6.45) is -1.76. The topological polar surface area (TPSA) is 149 Å². The molecule has 0 saturated carbocycles. The number of pyridine rings is 1. The van der Waals surface area contributed by atoms with Crippen LogP contribution in [0.1, 0.15) is 24.0 Å². The molecule has 11 nitrogen and oxygen atoms in total. The first-order valence-corrected chi connectivity index (χ1v) is 15.7. The number of ether oxygens (including phenoxy) is 1. The van der Waals surface area contributed by atoms with Crippen LogP contribution in [0.3, 0.4) is 0 Å². The maximum Gasteiger partial charge on any atom is 0.417 e. The average molecular weight is 719 g/mol. The zero-order valence-corrected chi connectivity index (χ0v) is 26.4. The predicted octanol–water partition coefficient (Wildman–Crippen LogP) is 6.93. The summed E-state index contributed by atoms with van der Waals surface area (Å²) in [6.45, 7) is 2.20. The average Bonchev–Trinajstić information content (AvgIpc) is 3.64. The minimum Gasteiger partial charge on any atom is -0.487 e. The number of amides is 1. The van der Waals surface area contributed by atoms with E-state index >= 15 is 0 Å². The van der Waals surface area contributed by atoms with E-state index < -0.39 is 21.9 Å². The molecule has 46 heavy (non-hydrogen) atoms. The Labute approximate surface area is 274 Å². The number of piperidine rings is 1. The molecule has 0 radical (unpaired) electrons. The van der Waals surface area contributed by atoms with Gasteiger partial charge >= 0.3 is 6.18 Å². The van der Waals surface area contributed by atoms with Crippen LogP contribution in [-0.2, 0) is 21.1 Å². The standard InChI is InChI=1S/C21H13Cl3F3N5O3.C7H8O3S/c22-12-5-16(34-10-1-2-17(33)28-6-10)13(23)4-11(12)18-30-20(35-31-18)15-8-32-7-9(21(25,26)27)3-14(24)19(32)29-15;1-6-2-4-7(5-3-6)11(8,9)10/h3-5,7-8,10H,1-2,6H2,(H,28,33);2-5H,1H3,(H,8,9,10). The normalized spacial score (nSPS) is 15.3. The van der Waals surface area contributed by atoms with Crippen LogP contribution in [0.4, 0.5) is 13.2 Å². The Kier molecular flexibility index (Phi) is 9.52. The lowest BCUT2D eigenvalue weighted by molar-refractivity contribution is -0.137. The fourth-order valence-electron chi connectivity index (χ4n) is 4.24. The van der Waals surface area contributed by atoms with E-state index in [1.54, 1.807) is 12.1 Å². The van der Waals surface area contributed by atoms with Crippen molar-refractivity contribution in [3.8, 4) is 28.7 Å². The third kappa shape index (κ3) is 7.73. The number of fused-ring (bicyclic) bond motifs is 1. The second-order valence-corrected chi connectivity index (χ2v) is 12.6. The van der Waals surface area contributed by atoms with Gasteiger partial charge in [0.2, 0.25) is 11.7 Å². The number of aryl methyl sites for hydroxylation is 1. The van der Waals surface area contributed by atoms with E-state index in [-0.39, 0.29) is 55.0 Å². The van der Waals surface area contributed by atoms with Crippen LogP contribution in [0.5, 0.6) is 5.75 Å². The maximum absolute atomic E-state index is 13.1. The van der Waals surface area contributed by atoms with Gasteiger partial charge in [0, 0.05) is 30.4 Å². The van der Waals surface area contributed by atoms with Crippen molar-refractivity contribution in [1.82, 2.24) is 24.8 Å². The molecule has 2 aromatic carbocycles. The number of carbonyl (C=O) groups excluding carboxylic acids is 1. The Balaban J connectivity index is 0.000000322. The molecule has 3 aromatic heterocycles. The monoisotopic (exact) mass is 717 g/mol. The van der Waals surface area contributed by atoms with Gasteiger partial charge in [-0.25, -0.2) is 4.98 Å². The summed E-state index contributed by atoms with van der Waals surface area (Å²) in [5.41, 5.74) is 0.585. The summed E-state index contributed by atoms with van der Waals surface area (Å²) in [6, 6.07) is 9.79. The van der Waals surface area contributed by atoms with E-state index in [9.17, 15) is 26.4 Å². The highest BCUT2D eigenvalue weighted by Crippen LogP contribution is 2.38. The quantitative estimate of drug-likeness (QED) is 0.185. The van der Waals surface area contributed by atoms with Crippen molar-refractivity contribution in [3.63, 3.8) is 0 Å². The summed E-state index contributed by atoms with van der Waals surface area (Å²) >= 11 is 18.8. The fraction of sp³-hybridized carbons (Fsp3) is 0.214. The first-order valence-electron chi connectivity index (χ1n) is 13.1. The highest BCUT2D eigenvalue weighted by atomic mass is 35.5. The van der Waals surface area contributed by atoms with E-state index in [0.29, 0.717) is 30.7 Å². The van der Waals surface area contributed by atoms with Crippen molar-refractivity contribution in [1.29, 1.82) is 0 Å². The number of alkyl halides is 3. The molecule has 1 amide bonds. The Morgan fingerprint density at radius 3 is 2.39 bits per heavy atom. The number of hydrogen-bond donors (Lipinski definition) is 2. The highest BCUT2D eigenvalue weighted by Gasteiger charge is 2.32. The summed E-state index contributed by atoms with van der Waals surface area (Å²) in [5.74, 6) is 0.327. The molecular formula is C28H21Cl3F3N5O6S. The highest BCUT2D eigenvalue weighted by molar-refractivity contribution is 7.85. The van der Waals surface area contributed by atoms with E-state index in [1.807, 2.05) is 6.92 Å². The lowest BCUT2D eigenvalue weighted by atomic mass is 10.1. The molecule has 6 rings (SSSR count). The fourth-order valence-corrected chi connectivity index (χ4v) is 5.43. The van der Waals surface area contributed by atoms with Crippen LogP contribution in [-0.4, -0.2) is 51.1 Å². The molecule has 1 saturated heterocycles. The number of hydrogen-bond acceptors (Lipinski definition) is 8. The molecule has 1 atom stereocenters. The van der Waals surface area contributed by atoms with Crippen molar-refractivity contribution in [2.24, 2.45) is 0 Å². The lowest BCUT2D eigenvalue weighted by Crippen LogP contribution is -2.40. The van der Waals surface area contributed by atoms with Crippen LogP contribution in [0.2, 0.25) is 15.1 Å². The number of benzene rings is 2. The SMILES string of the molecule is Cc1ccc(S(=O)(=O)O)cc1.O=C1CCC(Oc2cc(Cl)c(-c3noc(-c4cn5cc(C(F)(F)F)cc(Cl)c5n4)n3)cc2Cl)CN1. The molecule has 0 spiro atoms. The molecule has 242 valence electrons. The first kappa shape index (κ1) is 33.5. The number of nitrogens with one attached hydrogen (secondary N) is 1. The first-order chi connectivity index (χ1) is 21.6. The van der Waals surface area contributed by atoms with Crippen LogP contribution >= 0.6 is 34.8 Å². The van der Waals surface area contributed by atoms with Gasteiger partial charge in [-0.1, -0.05) is 57.7 Å². The third-order valence-corrected chi connectivity index (χ3v) is 8.33. The van der Waals surface area contributed by atoms with Gasteiger partial charge in [-0.3, -0.25) is 9.35 Å². The van der Waals surface area contributed by atoms with Crippen LogP contribution < -0.4 is 10.1 Å². The smallest absolute Gasteiger partial charge is 0.417 e. The number of halogens is 6. The van der Waals surface area contributed by atoms with E-state index in [2.05, 4.69) is 20.4 Å². The van der Waals surface area contributed by atoms with Gasteiger partial charge in [0.05, 0.1) is 32.1 Å². The van der Waals surface area contributed by atoms with Crippen LogP contribution in [0.15, 0.2) is 64.3 Å². The number of aromatic nitrogens is 4. The molecule has 0 bridgehead atoms. The lowest BCUT2D eigenvalue weighted by Gasteiger charge is -2.24. The predicted molar refractivity (Wildman–Crippen MR) is 162 cm³/mol. The Bertz CT molecular complexity index is 2030. The summed E-state index contributed by atoms with van der Waals surface area (Å²) in [5, 5.41) is 6.89. The minimum atomic E-state index is -4.57. The zero-order valence-electron chi connectivity index (χ0n) is 23.3. The van der Waals surface area contributed by atoms with Crippen molar-refractivity contribution in [2.45, 2.75) is 36.9 Å². The van der Waals surface area contributed by atoms with E-state index in [4.69, 9.17) is 48.6 Å². The molecule has 18 heteroatoms. The molecule has 2 N–H and O–H groups in total. The molecule has 0 aliphatic carbocycles. The maximum atomic E-state index is 13.1. The Hall–Kier alpha value is -3.89. The van der Waals surface area contributed by atoms with Gasteiger partial charge in [-0.2, -0.15) is 26.6 Å². The Morgan fingerprint density at radius 1 is 1.04 bits per heavy atom. The van der Waals surface area contributed by atoms with E-state index in [0.717, 1.165) is 22.2 Å². The van der Waals surface area contributed by atoms with Gasteiger partial charge in [0.1, 0.15) is 17.5 Å². The molecule has 1 aliphatic rings. The molecular weight excluding hydrogens is 698 g/mol. The molecule has 1 aliphatic heterocycles. The molecule has 1 unspecified atom stereocenters. The van der Waals surface area contributed by atoms with Crippen LogP contribution in [0, 0.1) is 6.92 Å². The number of imidazole rings is 1. The molecule has 4 heterocycles. The van der Waals surface area contributed by atoms with Gasteiger partial charge in [-0.15, -0.1) is 0 Å². The van der Waals surface area contributed by atoms with Gasteiger partial charge < -0.3 is 19.0 Å². The Morgan fingerprint density at radius 2 is 1.76 bits per heavy atom.